The third kappa shape index (κ3) is 2.68. The molecule has 1 aromatic heterocycles. The molecule has 13 heavy (non-hydrogen) atoms. The molecular weight excluding hydrogens is 178 g/mol. The van der Waals surface area contributed by atoms with Crippen LogP contribution in [0, 0.1) is 6.92 Å². The summed E-state index contributed by atoms with van der Waals surface area (Å²) < 4.78 is 0. The fraction of sp³-hybridized carbons (Fsp3) is 0.455. The highest BCUT2D eigenvalue weighted by atomic mass is 32.1. The number of hydrogen-bond donors (Lipinski definition) is 1. The lowest BCUT2D eigenvalue weighted by Crippen LogP contribution is -2.16. The van der Waals surface area contributed by atoms with Crippen LogP contribution in [0.4, 0.5) is 0 Å². The molecule has 0 bridgehead atoms. The van der Waals surface area contributed by atoms with Crippen molar-refractivity contribution in [2.45, 2.75) is 25.8 Å². The van der Waals surface area contributed by atoms with Gasteiger partial charge >= 0.3 is 0 Å². The Morgan fingerprint density at radius 3 is 2.85 bits per heavy atom. The summed E-state index contributed by atoms with van der Waals surface area (Å²) in [6.45, 7) is 5.92. The molecule has 0 radical (unpaired) electrons. The molecule has 0 saturated carbocycles. The average Bonchev–Trinajstić information content (AvgIpc) is 2.54. The molecule has 2 heteroatoms. The molecule has 72 valence electrons. The van der Waals surface area contributed by atoms with E-state index >= 15 is 0 Å². The summed E-state index contributed by atoms with van der Waals surface area (Å²) in [4.78, 5) is 0. The van der Waals surface area contributed by atoms with Crippen molar-refractivity contribution >= 4 is 11.3 Å². The van der Waals surface area contributed by atoms with E-state index in [0.717, 1.165) is 12.8 Å². The van der Waals surface area contributed by atoms with Gasteiger partial charge in [0.1, 0.15) is 0 Å². The van der Waals surface area contributed by atoms with Gasteiger partial charge in [-0.1, -0.05) is 6.08 Å². The zero-order valence-corrected chi connectivity index (χ0v) is 9.16. The van der Waals surface area contributed by atoms with Crippen LogP contribution in [0.25, 0.3) is 0 Å². The Labute approximate surface area is 84.5 Å². The van der Waals surface area contributed by atoms with E-state index in [4.69, 9.17) is 0 Å². The summed E-state index contributed by atoms with van der Waals surface area (Å²) in [6.07, 6.45) is 4.18. The van der Waals surface area contributed by atoms with E-state index < -0.39 is 0 Å². The van der Waals surface area contributed by atoms with Crippen LogP contribution in [0.2, 0.25) is 0 Å². The molecule has 0 aromatic carbocycles. The Morgan fingerprint density at radius 2 is 2.38 bits per heavy atom. The number of nitrogens with one attached hydrogen (secondary N) is 1. The predicted octanol–water partition coefficient (Wildman–Crippen LogP) is 3.28. The fourth-order valence-corrected chi connectivity index (χ4v) is 2.37. The molecule has 1 atom stereocenters. The maximum Gasteiger partial charge on any atom is 0.0331 e. The summed E-state index contributed by atoms with van der Waals surface area (Å²) >= 11 is 1.78. The highest BCUT2D eigenvalue weighted by molar-refractivity contribution is 7.08. The molecule has 1 N–H and O–H groups in total. The molecule has 0 fully saturated rings. The van der Waals surface area contributed by atoms with E-state index in [1.807, 2.05) is 13.1 Å². The Kier molecular flexibility index (Phi) is 4.19. The molecule has 1 unspecified atom stereocenters. The summed E-state index contributed by atoms with van der Waals surface area (Å²) in [5.74, 6) is 0. The Balaban J connectivity index is 2.66. The largest absolute Gasteiger partial charge is 0.313 e. The maximum absolute atomic E-state index is 3.75. The lowest BCUT2D eigenvalue weighted by atomic mass is 10.0. The van der Waals surface area contributed by atoms with Gasteiger partial charge in [0.25, 0.3) is 0 Å². The highest BCUT2D eigenvalue weighted by Crippen LogP contribution is 2.24. The van der Waals surface area contributed by atoms with E-state index in [0.29, 0.717) is 6.04 Å². The normalized spacial score (nSPS) is 12.8. The predicted molar refractivity (Wildman–Crippen MR) is 60.3 cm³/mol. The van der Waals surface area contributed by atoms with Crippen molar-refractivity contribution in [3.8, 4) is 0 Å². The molecule has 0 aliphatic heterocycles. The van der Waals surface area contributed by atoms with Crippen LogP contribution in [0.15, 0.2) is 23.4 Å². The Morgan fingerprint density at radius 1 is 1.62 bits per heavy atom. The van der Waals surface area contributed by atoms with Gasteiger partial charge < -0.3 is 5.32 Å². The summed E-state index contributed by atoms with van der Waals surface area (Å²) in [6, 6.07) is 0.490. The zero-order valence-electron chi connectivity index (χ0n) is 8.34. The van der Waals surface area contributed by atoms with Crippen LogP contribution in [-0.4, -0.2) is 7.05 Å². The van der Waals surface area contributed by atoms with E-state index in [-0.39, 0.29) is 0 Å². The minimum Gasteiger partial charge on any atom is -0.313 e. The Bertz CT molecular complexity index is 265. The zero-order chi connectivity index (χ0) is 9.68. The smallest absolute Gasteiger partial charge is 0.0331 e. The second-order valence-electron chi connectivity index (χ2n) is 3.22. The van der Waals surface area contributed by atoms with Crippen LogP contribution in [-0.2, 0) is 0 Å². The molecule has 1 rings (SSSR count). The third-order valence-corrected chi connectivity index (χ3v) is 3.16. The van der Waals surface area contributed by atoms with E-state index in [1.165, 1.54) is 11.1 Å². The van der Waals surface area contributed by atoms with Crippen molar-refractivity contribution in [2.24, 2.45) is 0 Å². The van der Waals surface area contributed by atoms with Gasteiger partial charge in [-0.3, -0.25) is 0 Å². The van der Waals surface area contributed by atoms with Crippen LogP contribution in [0.3, 0.4) is 0 Å². The molecule has 0 amide bonds. The lowest BCUT2D eigenvalue weighted by molar-refractivity contribution is 0.554. The first-order valence-corrected chi connectivity index (χ1v) is 5.54. The first-order valence-electron chi connectivity index (χ1n) is 4.60. The van der Waals surface area contributed by atoms with Crippen molar-refractivity contribution < 1.29 is 0 Å². The second kappa shape index (κ2) is 5.20. The first kappa shape index (κ1) is 10.5. The van der Waals surface area contributed by atoms with Gasteiger partial charge in [0.2, 0.25) is 0 Å². The standard InChI is InChI=1S/C11H17NS/c1-4-5-6-11(12-3)10-8-13-7-9(10)2/h4,7-8,11-12H,1,5-6H2,2-3H3. The van der Waals surface area contributed by atoms with Crippen molar-refractivity contribution in [3.05, 3.63) is 34.5 Å². The topological polar surface area (TPSA) is 12.0 Å². The number of allylic oxidation sites excluding steroid dienone is 1. The van der Waals surface area contributed by atoms with Crippen molar-refractivity contribution in [1.82, 2.24) is 5.32 Å². The minimum absolute atomic E-state index is 0.490. The van der Waals surface area contributed by atoms with E-state index in [1.54, 1.807) is 11.3 Å². The highest BCUT2D eigenvalue weighted by Gasteiger charge is 2.10. The van der Waals surface area contributed by atoms with Crippen LogP contribution >= 0.6 is 11.3 Å². The van der Waals surface area contributed by atoms with Gasteiger partial charge in [-0.05, 0) is 48.7 Å². The summed E-state index contributed by atoms with van der Waals surface area (Å²) in [5, 5.41) is 7.78. The minimum atomic E-state index is 0.490. The van der Waals surface area contributed by atoms with E-state index in [9.17, 15) is 0 Å². The van der Waals surface area contributed by atoms with Gasteiger partial charge in [-0.15, -0.1) is 6.58 Å². The molecule has 0 aliphatic rings. The lowest BCUT2D eigenvalue weighted by Gasteiger charge is -2.14. The van der Waals surface area contributed by atoms with Gasteiger partial charge in [0.05, 0.1) is 0 Å². The summed E-state index contributed by atoms with van der Waals surface area (Å²) in [7, 11) is 2.02. The molecule has 1 nitrogen and oxygen atoms in total. The van der Waals surface area contributed by atoms with Gasteiger partial charge in [0, 0.05) is 6.04 Å². The molecule has 0 aliphatic carbocycles. The Hall–Kier alpha value is -0.600. The van der Waals surface area contributed by atoms with Crippen molar-refractivity contribution in [2.75, 3.05) is 7.05 Å². The molecule has 0 saturated heterocycles. The fourth-order valence-electron chi connectivity index (χ4n) is 1.47. The van der Waals surface area contributed by atoms with Crippen molar-refractivity contribution in [3.63, 3.8) is 0 Å². The molecular formula is C11H17NS. The molecule has 1 aromatic rings. The van der Waals surface area contributed by atoms with Crippen molar-refractivity contribution in [1.29, 1.82) is 0 Å². The average molecular weight is 195 g/mol. The number of hydrogen-bond acceptors (Lipinski definition) is 2. The van der Waals surface area contributed by atoms with Crippen LogP contribution < -0.4 is 5.32 Å². The third-order valence-electron chi connectivity index (χ3n) is 2.28. The first-order chi connectivity index (χ1) is 6.29. The number of thiophene rings is 1. The SMILES string of the molecule is C=CCCC(NC)c1cscc1C. The molecule has 1 heterocycles. The van der Waals surface area contributed by atoms with Gasteiger partial charge in [-0.2, -0.15) is 11.3 Å². The second-order valence-corrected chi connectivity index (χ2v) is 3.96. The monoisotopic (exact) mass is 195 g/mol. The van der Waals surface area contributed by atoms with Gasteiger partial charge in [0.15, 0.2) is 0 Å². The number of rotatable bonds is 5. The number of aryl methyl sites for hydroxylation is 1. The van der Waals surface area contributed by atoms with E-state index in [2.05, 4.69) is 29.6 Å². The molecule has 0 spiro atoms. The quantitative estimate of drug-likeness (QED) is 0.711. The van der Waals surface area contributed by atoms with Crippen LogP contribution in [0.5, 0.6) is 0 Å². The summed E-state index contributed by atoms with van der Waals surface area (Å²) in [5.41, 5.74) is 2.84. The van der Waals surface area contributed by atoms with Crippen LogP contribution in [0.1, 0.15) is 30.0 Å². The maximum atomic E-state index is 3.75. The van der Waals surface area contributed by atoms with Gasteiger partial charge in [-0.25, -0.2) is 0 Å².